The SMILES string of the molecule is CCCOCCOCC(=O)NCCOCCOCC(=O)NCCCC[C@H](C)C(C)=O.CNC(=O)CCC(NC(=O)CCCCCCCCCCCCCCCCC(=O)O)C(=O)NC(CC(=O)O)C(=O)O.[HH]. The van der Waals surface area contributed by atoms with Crippen molar-refractivity contribution in [2.45, 2.75) is 181 Å². The van der Waals surface area contributed by atoms with Gasteiger partial charge in [0.2, 0.25) is 29.5 Å². The summed E-state index contributed by atoms with van der Waals surface area (Å²) in [6.45, 7) is 9.11. The minimum Gasteiger partial charge on any atom is -0.481 e. The molecule has 0 spiro atoms. The maximum Gasteiger partial charge on any atom is 0.326 e. The number of ketones is 1. The fourth-order valence-electron chi connectivity index (χ4n) is 6.55. The monoisotopic (exact) mass is 1010 g/mol. The molecule has 0 radical (unpaired) electrons. The van der Waals surface area contributed by atoms with Gasteiger partial charge in [0.25, 0.3) is 0 Å². The van der Waals surface area contributed by atoms with Crippen LogP contribution < -0.4 is 26.6 Å². The lowest BCUT2D eigenvalue weighted by atomic mass is 10.0. The predicted octanol–water partition coefficient (Wildman–Crippen LogP) is 4.70. The Kier molecular flexibility index (Phi) is 46.1. The number of hydrogen-bond donors (Lipinski definition) is 8. The Morgan fingerprint density at radius 3 is 1.44 bits per heavy atom. The van der Waals surface area contributed by atoms with E-state index in [1.165, 1.54) is 45.6 Å². The van der Waals surface area contributed by atoms with Crippen LogP contribution in [0.15, 0.2) is 0 Å². The number of carbonyl (C=O) groups is 9. The van der Waals surface area contributed by atoms with Crippen molar-refractivity contribution in [3.63, 3.8) is 0 Å². The molecule has 0 saturated heterocycles. The highest BCUT2D eigenvalue weighted by Gasteiger charge is 2.28. The predicted molar refractivity (Wildman–Crippen MR) is 264 cm³/mol. The van der Waals surface area contributed by atoms with Crippen LogP contribution in [0.3, 0.4) is 0 Å². The van der Waals surface area contributed by atoms with Gasteiger partial charge in [-0.15, -0.1) is 0 Å². The molecule has 408 valence electrons. The Balaban J connectivity index is -0.00000134. The zero-order chi connectivity index (χ0) is 52.6. The molecule has 2 unspecified atom stereocenters. The third-order valence-corrected chi connectivity index (χ3v) is 10.8. The number of carboxylic acid groups (broad SMARTS) is 3. The van der Waals surface area contributed by atoms with Crippen LogP contribution in [0.5, 0.6) is 0 Å². The van der Waals surface area contributed by atoms with Crippen molar-refractivity contribution in [1.29, 1.82) is 0 Å². The largest absolute Gasteiger partial charge is 0.481 e. The number of nitrogens with one attached hydrogen (secondary N) is 5. The topological polar surface area (TPSA) is 311 Å². The quantitative estimate of drug-likeness (QED) is 0.0383. The Morgan fingerprint density at radius 2 is 0.971 bits per heavy atom. The van der Waals surface area contributed by atoms with E-state index in [9.17, 15) is 43.2 Å². The molecule has 0 aromatic rings. The van der Waals surface area contributed by atoms with E-state index < -0.39 is 42.3 Å². The molecular formula is C49H91N5O16. The minimum absolute atomic E-state index is 0. The highest BCUT2D eigenvalue weighted by Crippen LogP contribution is 2.14. The van der Waals surface area contributed by atoms with E-state index in [0.717, 1.165) is 70.6 Å². The van der Waals surface area contributed by atoms with Gasteiger partial charge in [0, 0.05) is 53.4 Å². The van der Waals surface area contributed by atoms with Gasteiger partial charge in [0.05, 0.1) is 39.5 Å². The first-order chi connectivity index (χ1) is 33.5. The number of rotatable bonds is 47. The third-order valence-electron chi connectivity index (χ3n) is 10.8. The van der Waals surface area contributed by atoms with E-state index in [1.54, 1.807) is 6.92 Å². The summed E-state index contributed by atoms with van der Waals surface area (Å²) in [5, 5.41) is 39.2. The van der Waals surface area contributed by atoms with Gasteiger partial charge in [-0.2, -0.15) is 0 Å². The van der Waals surface area contributed by atoms with Gasteiger partial charge in [0.1, 0.15) is 31.1 Å². The van der Waals surface area contributed by atoms with Crippen LogP contribution in [-0.2, 0) is 62.1 Å². The lowest BCUT2D eigenvalue weighted by Crippen LogP contribution is -2.52. The molecule has 0 saturated carbocycles. The van der Waals surface area contributed by atoms with Crippen molar-refractivity contribution in [2.75, 3.05) is 73.0 Å². The molecule has 21 nitrogen and oxygen atoms in total. The fraction of sp³-hybridized carbons (Fsp3) is 0.816. The lowest BCUT2D eigenvalue weighted by molar-refractivity contribution is -0.147. The third kappa shape index (κ3) is 47.0. The maximum atomic E-state index is 12.6. The first-order valence-electron chi connectivity index (χ1n) is 25.3. The lowest BCUT2D eigenvalue weighted by Gasteiger charge is -2.20. The Bertz CT molecular complexity index is 1460. The highest BCUT2D eigenvalue weighted by atomic mass is 16.5. The molecule has 70 heavy (non-hydrogen) atoms. The summed E-state index contributed by atoms with van der Waals surface area (Å²) in [4.78, 5) is 103. The van der Waals surface area contributed by atoms with Gasteiger partial charge >= 0.3 is 17.9 Å². The molecular weight excluding hydrogens is 915 g/mol. The molecule has 0 aromatic carbocycles. The Labute approximate surface area is 417 Å². The minimum atomic E-state index is -1.65. The van der Waals surface area contributed by atoms with E-state index in [2.05, 4.69) is 26.6 Å². The number of aliphatic carboxylic acids is 3. The molecule has 8 N–H and O–H groups in total. The van der Waals surface area contributed by atoms with E-state index in [4.69, 9.17) is 34.3 Å². The van der Waals surface area contributed by atoms with Gasteiger partial charge in [-0.25, -0.2) is 4.79 Å². The molecule has 0 rings (SSSR count). The van der Waals surface area contributed by atoms with E-state index in [0.29, 0.717) is 59.2 Å². The standard InChI is InChI=1S/C28H49N3O9.C21H40N2O7.H2/c1-29-23(32)19-18-21(27(38)31-22(28(39)40)20-26(36)37)30-24(33)16-14-12-10-8-6-4-2-3-5-7-9-11-13-15-17-25(34)35;1-4-10-27-12-14-29-17-21(26)23-9-11-28-13-15-30-16-20(25)22-8-6-5-7-18(2)19(3)24;/h21-22H,2-20H2,1H3,(H,29,32)(H,30,33)(H,31,38)(H,34,35)(H,36,37)(H,39,40);18H,4-17H2,1-3H3,(H,22,25)(H,23,26);1H/t;18-;/m.0./s1. The van der Waals surface area contributed by atoms with Gasteiger partial charge in [-0.05, 0) is 45.4 Å². The summed E-state index contributed by atoms with van der Waals surface area (Å²) >= 11 is 0. The molecule has 0 aromatic heterocycles. The van der Waals surface area contributed by atoms with Gasteiger partial charge in [-0.1, -0.05) is 97.3 Å². The van der Waals surface area contributed by atoms with E-state index in [1.807, 2.05) is 13.8 Å². The molecule has 0 heterocycles. The average Bonchev–Trinajstić information content (AvgIpc) is 3.31. The highest BCUT2D eigenvalue weighted by molar-refractivity contribution is 5.92. The van der Waals surface area contributed by atoms with Crippen LogP contribution in [0, 0.1) is 5.92 Å². The van der Waals surface area contributed by atoms with Crippen molar-refractivity contribution in [1.82, 2.24) is 26.6 Å². The summed E-state index contributed by atoms with van der Waals surface area (Å²) in [6.07, 6.45) is 17.9. The summed E-state index contributed by atoms with van der Waals surface area (Å²) < 4.78 is 21.0. The second-order valence-electron chi connectivity index (χ2n) is 17.2. The smallest absolute Gasteiger partial charge is 0.326 e. The van der Waals surface area contributed by atoms with Crippen LogP contribution in [0.4, 0.5) is 0 Å². The van der Waals surface area contributed by atoms with Crippen molar-refractivity contribution in [3.05, 3.63) is 0 Å². The van der Waals surface area contributed by atoms with Crippen LogP contribution in [0.25, 0.3) is 0 Å². The zero-order valence-corrected chi connectivity index (χ0v) is 42.7. The molecule has 0 fully saturated rings. The summed E-state index contributed by atoms with van der Waals surface area (Å²) in [5.41, 5.74) is 0. The second-order valence-corrected chi connectivity index (χ2v) is 17.2. The molecule has 0 aliphatic carbocycles. The summed E-state index contributed by atoms with van der Waals surface area (Å²) in [6, 6.07) is -2.80. The van der Waals surface area contributed by atoms with E-state index in [-0.39, 0.29) is 75.7 Å². The molecule has 21 heteroatoms. The number of carbonyl (C=O) groups excluding carboxylic acids is 6. The number of hydrogen-bond acceptors (Lipinski definition) is 13. The second kappa shape index (κ2) is 47.9. The normalized spacial score (nSPS) is 12.1. The number of Topliss-reactive ketones (excluding diaryl/α,β-unsaturated/α-hetero) is 1. The fourth-order valence-corrected chi connectivity index (χ4v) is 6.55. The van der Waals surface area contributed by atoms with Crippen LogP contribution >= 0.6 is 0 Å². The Hall–Kier alpha value is -4.73. The van der Waals surface area contributed by atoms with Crippen molar-refractivity contribution in [2.24, 2.45) is 5.92 Å². The molecule has 3 atom stereocenters. The maximum absolute atomic E-state index is 12.6. The average molecular weight is 1010 g/mol. The summed E-state index contributed by atoms with van der Waals surface area (Å²) in [7, 11) is 1.43. The number of carboxylic acids is 3. The van der Waals surface area contributed by atoms with Crippen molar-refractivity contribution >= 4 is 53.2 Å². The summed E-state index contributed by atoms with van der Waals surface area (Å²) in [5.74, 6) is -5.27. The first kappa shape index (κ1) is 67.3. The van der Waals surface area contributed by atoms with Gasteiger partial charge in [0.15, 0.2) is 0 Å². The molecule has 0 bridgehead atoms. The van der Waals surface area contributed by atoms with Crippen LogP contribution in [-0.4, -0.2) is 154 Å². The zero-order valence-electron chi connectivity index (χ0n) is 42.7. The van der Waals surface area contributed by atoms with Gasteiger partial charge in [-0.3, -0.25) is 38.4 Å². The number of ether oxygens (including phenoxy) is 4. The van der Waals surface area contributed by atoms with E-state index >= 15 is 0 Å². The Morgan fingerprint density at radius 1 is 0.486 bits per heavy atom. The van der Waals surface area contributed by atoms with Crippen molar-refractivity contribution in [3.8, 4) is 0 Å². The molecule has 0 aliphatic rings. The van der Waals surface area contributed by atoms with Gasteiger partial charge < -0.3 is 60.9 Å². The first-order valence-corrected chi connectivity index (χ1v) is 25.3. The number of unbranched alkanes of at least 4 members (excludes halogenated alkanes) is 14. The molecule has 5 amide bonds. The molecule has 0 aliphatic heterocycles. The van der Waals surface area contributed by atoms with Crippen molar-refractivity contribution < 1.29 is 78.8 Å². The van der Waals surface area contributed by atoms with Crippen LogP contribution in [0.2, 0.25) is 0 Å². The number of amides is 5. The van der Waals surface area contributed by atoms with Crippen LogP contribution in [0.1, 0.15) is 170 Å².